The summed E-state index contributed by atoms with van der Waals surface area (Å²) >= 11 is 0. The van der Waals surface area contributed by atoms with E-state index in [1.807, 2.05) is 23.1 Å². The van der Waals surface area contributed by atoms with E-state index in [-0.39, 0.29) is 18.5 Å². The van der Waals surface area contributed by atoms with Crippen LogP contribution in [0.1, 0.15) is 12.8 Å². The molecule has 2 amide bonds. The van der Waals surface area contributed by atoms with Gasteiger partial charge in [-0.25, -0.2) is 4.79 Å². The van der Waals surface area contributed by atoms with Crippen molar-refractivity contribution in [3.63, 3.8) is 0 Å². The highest BCUT2D eigenvalue weighted by molar-refractivity contribution is 5.83. The van der Waals surface area contributed by atoms with Crippen LogP contribution in [0.4, 0.5) is 10.5 Å². The Kier molecular flexibility index (Phi) is 5.70. The van der Waals surface area contributed by atoms with E-state index in [4.69, 9.17) is 14.2 Å². The first kappa shape index (κ1) is 18.2. The van der Waals surface area contributed by atoms with E-state index in [0.29, 0.717) is 37.7 Å². The molecule has 0 spiro atoms. The van der Waals surface area contributed by atoms with Crippen LogP contribution in [0.15, 0.2) is 18.2 Å². The molecule has 2 fully saturated rings. The maximum Gasteiger partial charge on any atom is 0.410 e. The number of rotatable bonds is 6. The molecule has 0 saturated carbocycles. The van der Waals surface area contributed by atoms with Crippen LogP contribution in [0.3, 0.4) is 0 Å². The van der Waals surface area contributed by atoms with Crippen LogP contribution in [0.2, 0.25) is 0 Å². The van der Waals surface area contributed by atoms with E-state index in [0.717, 1.165) is 18.5 Å². The fourth-order valence-electron chi connectivity index (χ4n) is 3.32. The van der Waals surface area contributed by atoms with Crippen molar-refractivity contribution in [2.45, 2.75) is 18.9 Å². The minimum atomic E-state index is -0.407. The van der Waals surface area contributed by atoms with Crippen molar-refractivity contribution in [3.05, 3.63) is 18.2 Å². The van der Waals surface area contributed by atoms with E-state index < -0.39 is 6.09 Å². The number of cyclic esters (lactones) is 1. The van der Waals surface area contributed by atoms with Gasteiger partial charge in [-0.15, -0.1) is 0 Å². The average Bonchev–Trinajstić information content (AvgIpc) is 3.06. The number of benzene rings is 1. The summed E-state index contributed by atoms with van der Waals surface area (Å²) in [6.07, 6.45) is 1.49. The van der Waals surface area contributed by atoms with Gasteiger partial charge in [-0.1, -0.05) is 0 Å². The molecule has 142 valence electrons. The molecule has 2 saturated heterocycles. The average molecular weight is 363 g/mol. The minimum absolute atomic E-state index is 0.0392. The van der Waals surface area contributed by atoms with E-state index >= 15 is 0 Å². The molecule has 1 atom stereocenters. The van der Waals surface area contributed by atoms with Crippen LogP contribution in [0.5, 0.6) is 11.5 Å². The van der Waals surface area contributed by atoms with Crippen molar-refractivity contribution in [1.82, 2.24) is 9.80 Å². The molecule has 2 heterocycles. The lowest BCUT2D eigenvalue weighted by molar-refractivity contribution is -0.132. The van der Waals surface area contributed by atoms with Crippen molar-refractivity contribution < 1.29 is 23.8 Å². The molecule has 1 N–H and O–H groups in total. The number of hydrogen-bond donors (Lipinski definition) is 1. The summed E-state index contributed by atoms with van der Waals surface area (Å²) in [6, 6.07) is 5.82. The Bertz CT molecular complexity index is 666. The van der Waals surface area contributed by atoms with Crippen LogP contribution >= 0.6 is 0 Å². The van der Waals surface area contributed by atoms with Gasteiger partial charge in [-0.3, -0.25) is 9.69 Å². The van der Waals surface area contributed by atoms with E-state index in [1.54, 1.807) is 14.2 Å². The quantitative estimate of drug-likeness (QED) is 0.826. The van der Waals surface area contributed by atoms with Gasteiger partial charge < -0.3 is 24.4 Å². The molecule has 8 heteroatoms. The van der Waals surface area contributed by atoms with Crippen LogP contribution < -0.4 is 14.8 Å². The number of hydrogen-bond acceptors (Lipinski definition) is 6. The normalized spacial score (nSPS) is 19.9. The number of ether oxygens (including phenoxy) is 3. The largest absolute Gasteiger partial charge is 0.493 e. The number of piperidine rings is 1. The van der Waals surface area contributed by atoms with Gasteiger partial charge in [0.1, 0.15) is 13.2 Å². The van der Waals surface area contributed by atoms with Gasteiger partial charge in [0.2, 0.25) is 5.91 Å². The highest BCUT2D eigenvalue weighted by atomic mass is 16.6. The second kappa shape index (κ2) is 8.16. The molecule has 0 radical (unpaired) electrons. The molecule has 1 aromatic rings. The van der Waals surface area contributed by atoms with E-state index in [9.17, 15) is 9.59 Å². The standard InChI is InChI=1S/C18H25N3O5/c1-24-15-6-5-13(10-16(15)25-2)19-14-4-3-7-20(11-14)17(22)12-21-8-9-26-18(21)23/h5-6,10,14,19H,3-4,7-9,11-12H2,1-2H3/t14-/m1/s1. The molecule has 8 nitrogen and oxygen atoms in total. The summed E-state index contributed by atoms with van der Waals surface area (Å²) in [5, 5.41) is 3.46. The Morgan fingerprint density at radius 1 is 1.27 bits per heavy atom. The van der Waals surface area contributed by atoms with Gasteiger partial charge in [0.15, 0.2) is 11.5 Å². The Hall–Kier alpha value is -2.64. The lowest BCUT2D eigenvalue weighted by Crippen LogP contribution is -2.48. The molecular formula is C18H25N3O5. The third kappa shape index (κ3) is 4.12. The van der Waals surface area contributed by atoms with Gasteiger partial charge in [-0.05, 0) is 25.0 Å². The lowest BCUT2D eigenvalue weighted by atomic mass is 10.0. The monoisotopic (exact) mass is 363 g/mol. The van der Waals surface area contributed by atoms with Gasteiger partial charge >= 0.3 is 6.09 Å². The number of carbonyl (C=O) groups is 2. The topological polar surface area (TPSA) is 80.3 Å². The molecule has 2 aliphatic heterocycles. The summed E-state index contributed by atoms with van der Waals surface area (Å²) < 4.78 is 15.5. The lowest BCUT2D eigenvalue weighted by Gasteiger charge is -2.34. The molecule has 26 heavy (non-hydrogen) atoms. The van der Waals surface area contributed by atoms with Gasteiger partial charge in [-0.2, -0.15) is 0 Å². The number of nitrogens with zero attached hydrogens (tertiary/aromatic N) is 2. The summed E-state index contributed by atoms with van der Waals surface area (Å²) in [5.74, 6) is 1.30. The highest BCUT2D eigenvalue weighted by Gasteiger charge is 2.29. The third-order valence-electron chi connectivity index (χ3n) is 4.70. The summed E-state index contributed by atoms with van der Waals surface area (Å²) in [7, 11) is 3.21. The number of methoxy groups -OCH3 is 2. The van der Waals surface area contributed by atoms with Gasteiger partial charge in [0.25, 0.3) is 0 Å². The second-order valence-electron chi connectivity index (χ2n) is 6.43. The molecule has 0 bridgehead atoms. The number of amides is 2. The Morgan fingerprint density at radius 2 is 2.08 bits per heavy atom. The van der Waals surface area contributed by atoms with Crippen molar-refractivity contribution in [3.8, 4) is 11.5 Å². The SMILES string of the molecule is COc1ccc(N[C@@H]2CCCN(C(=O)CN3CCOC3=O)C2)cc1OC. The van der Waals surface area contributed by atoms with Crippen molar-refractivity contribution >= 4 is 17.7 Å². The third-order valence-corrected chi connectivity index (χ3v) is 4.70. The van der Waals surface area contributed by atoms with Crippen LogP contribution in [0.25, 0.3) is 0 Å². The van der Waals surface area contributed by atoms with Crippen LogP contribution in [-0.4, -0.2) is 74.8 Å². The first-order valence-electron chi connectivity index (χ1n) is 8.78. The molecule has 1 aromatic carbocycles. The van der Waals surface area contributed by atoms with Crippen LogP contribution in [-0.2, 0) is 9.53 Å². The minimum Gasteiger partial charge on any atom is -0.493 e. The Morgan fingerprint density at radius 3 is 2.77 bits per heavy atom. The molecule has 0 unspecified atom stereocenters. The Balaban J connectivity index is 1.58. The summed E-state index contributed by atoms with van der Waals surface area (Å²) in [5.41, 5.74) is 0.921. The molecular weight excluding hydrogens is 338 g/mol. The predicted octanol–water partition coefficient (Wildman–Crippen LogP) is 1.56. The fourth-order valence-corrected chi connectivity index (χ4v) is 3.32. The molecule has 0 aliphatic carbocycles. The number of carbonyl (C=O) groups excluding carboxylic acids is 2. The van der Waals surface area contributed by atoms with Crippen molar-refractivity contribution in [2.75, 3.05) is 52.3 Å². The fraction of sp³-hybridized carbons (Fsp3) is 0.556. The maximum absolute atomic E-state index is 12.5. The molecule has 2 aliphatic rings. The first-order valence-corrected chi connectivity index (χ1v) is 8.78. The van der Waals surface area contributed by atoms with Gasteiger partial charge in [0.05, 0.1) is 20.8 Å². The van der Waals surface area contributed by atoms with Gasteiger partial charge in [0, 0.05) is 30.9 Å². The second-order valence-corrected chi connectivity index (χ2v) is 6.43. The van der Waals surface area contributed by atoms with E-state index in [1.165, 1.54) is 4.90 Å². The van der Waals surface area contributed by atoms with Crippen molar-refractivity contribution in [1.29, 1.82) is 0 Å². The zero-order valence-electron chi connectivity index (χ0n) is 15.2. The molecule has 0 aromatic heterocycles. The summed E-state index contributed by atoms with van der Waals surface area (Å²) in [6.45, 7) is 2.24. The number of anilines is 1. The van der Waals surface area contributed by atoms with E-state index in [2.05, 4.69) is 5.32 Å². The smallest absolute Gasteiger partial charge is 0.410 e. The highest BCUT2D eigenvalue weighted by Crippen LogP contribution is 2.30. The predicted molar refractivity (Wildman–Crippen MR) is 95.7 cm³/mol. The number of nitrogens with one attached hydrogen (secondary N) is 1. The van der Waals surface area contributed by atoms with Crippen LogP contribution in [0, 0.1) is 0 Å². The molecule has 3 rings (SSSR count). The zero-order chi connectivity index (χ0) is 18.5. The number of likely N-dealkylation sites (tertiary alicyclic amines) is 1. The first-order chi connectivity index (χ1) is 12.6. The maximum atomic E-state index is 12.5. The van der Waals surface area contributed by atoms with Crippen molar-refractivity contribution in [2.24, 2.45) is 0 Å². The summed E-state index contributed by atoms with van der Waals surface area (Å²) in [4.78, 5) is 27.3. The Labute approximate surface area is 153 Å². The zero-order valence-corrected chi connectivity index (χ0v) is 15.2.